The number of halogens is 1. The summed E-state index contributed by atoms with van der Waals surface area (Å²) in [6, 6.07) is 6.84. The fourth-order valence-corrected chi connectivity index (χ4v) is 3.58. The Labute approximate surface area is 128 Å². The molecule has 1 heterocycles. The lowest BCUT2D eigenvalue weighted by molar-refractivity contribution is 0.173. The number of urea groups is 1. The fourth-order valence-electron chi connectivity index (χ4n) is 2.12. The van der Waals surface area contributed by atoms with Crippen LogP contribution in [0.15, 0.2) is 24.3 Å². The predicted molar refractivity (Wildman–Crippen MR) is 83.3 cm³/mol. The van der Waals surface area contributed by atoms with Crippen molar-refractivity contribution in [3.63, 3.8) is 0 Å². The third-order valence-electron chi connectivity index (χ3n) is 3.23. The number of hydrogen-bond acceptors (Lipinski definition) is 3. The van der Waals surface area contributed by atoms with Crippen molar-refractivity contribution in [2.75, 3.05) is 18.8 Å². The van der Waals surface area contributed by atoms with Crippen molar-refractivity contribution in [3.8, 4) is 0 Å². The second-order valence-corrected chi connectivity index (χ2v) is 6.58. The molecule has 2 amide bonds. The first kappa shape index (κ1) is 15.5. The monoisotopic (exact) mass is 314 g/mol. The number of benzene rings is 1. The average Bonchev–Trinajstić information content (AvgIpc) is 2.96. The molecule has 1 saturated heterocycles. The van der Waals surface area contributed by atoms with Crippen molar-refractivity contribution in [2.24, 2.45) is 0 Å². The van der Waals surface area contributed by atoms with Gasteiger partial charge >= 0.3 is 6.03 Å². The van der Waals surface area contributed by atoms with Crippen LogP contribution in [0.1, 0.15) is 24.5 Å². The molecular weight excluding hydrogens is 296 g/mol. The summed E-state index contributed by atoms with van der Waals surface area (Å²) in [6.07, 6.45) is 1.59. The Kier molecular flexibility index (Phi) is 6.01. The molecule has 3 N–H and O–H groups in total. The first-order valence-corrected chi connectivity index (χ1v) is 8.15. The highest BCUT2D eigenvalue weighted by Crippen LogP contribution is 2.25. The van der Waals surface area contributed by atoms with Crippen molar-refractivity contribution in [1.82, 2.24) is 10.6 Å². The number of rotatable bonds is 5. The van der Waals surface area contributed by atoms with E-state index in [0.29, 0.717) is 22.4 Å². The van der Waals surface area contributed by atoms with Crippen LogP contribution in [0.2, 0.25) is 5.02 Å². The third-order valence-corrected chi connectivity index (χ3v) is 4.98. The minimum atomic E-state index is -0.796. The van der Waals surface area contributed by atoms with Crippen LogP contribution in [0.5, 0.6) is 0 Å². The van der Waals surface area contributed by atoms with Gasteiger partial charge in [0.25, 0.3) is 0 Å². The highest BCUT2D eigenvalue weighted by Gasteiger charge is 2.17. The molecule has 6 heteroatoms. The molecule has 0 bridgehead atoms. The van der Waals surface area contributed by atoms with Gasteiger partial charge in [-0.2, -0.15) is 11.8 Å². The number of amides is 2. The van der Waals surface area contributed by atoms with Crippen LogP contribution in [-0.2, 0) is 0 Å². The van der Waals surface area contributed by atoms with Gasteiger partial charge in [-0.25, -0.2) is 4.79 Å². The first-order valence-electron chi connectivity index (χ1n) is 6.72. The average molecular weight is 315 g/mol. The van der Waals surface area contributed by atoms with Crippen molar-refractivity contribution in [2.45, 2.75) is 24.2 Å². The zero-order chi connectivity index (χ0) is 14.4. The normalized spacial score (nSPS) is 19.6. The number of aliphatic hydroxyl groups is 1. The Morgan fingerprint density at radius 2 is 2.25 bits per heavy atom. The number of nitrogens with one attached hydrogen (secondary N) is 2. The zero-order valence-corrected chi connectivity index (χ0v) is 12.7. The summed E-state index contributed by atoms with van der Waals surface area (Å²) in [5, 5.41) is 16.5. The van der Waals surface area contributed by atoms with Gasteiger partial charge in [0.2, 0.25) is 0 Å². The molecule has 2 atom stereocenters. The molecule has 1 aromatic rings. The SMILES string of the molecule is O=C(NCC1CCCS1)NCC(O)c1ccccc1Cl. The third kappa shape index (κ3) is 4.58. The quantitative estimate of drug-likeness (QED) is 0.783. The van der Waals surface area contributed by atoms with Crippen molar-refractivity contribution < 1.29 is 9.90 Å². The molecule has 0 spiro atoms. The van der Waals surface area contributed by atoms with Gasteiger partial charge in [-0.15, -0.1) is 0 Å². The van der Waals surface area contributed by atoms with E-state index in [1.807, 2.05) is 17.8 Å². The van der Waals surface area contributed by atoms with E-state index in [2.05, 4.69) is 10.6 Å². The van der Waals surface area contributed by atoms with E-state index >= 15 is 0 Å². The Balaban J connectivity index is 1.71. The molecule has 0 radical (unpaired) electrons. The van der Waals surface area contributed by atoms with E-state index in [0.717, 1.165) is 6.42 Å². The van der Waals surface area contributed by atoms with Gasteiger partial charge in [0, 0.05) is 28.9 Å². The maximum Gasteiger partial charge on any atom is 0.314 e. The smallest absolute Gasteiger partial charge is 0.314 e. The highest BCUT2D eigenvalue weighted by molar-refractivity contribution is 8.00. The van der Waals surface area contributed by atoms with Gasteiger partial charge in [0.15, 0.2) is 0 Å². The lowest BCUT2D eigenvalue weighted by Crippen LogP contribution is -2.40. The lowest BCUT2D eigenvalue weighted by Gasteiger charge is -2.15. The molecule has 0 saturated carbocycles. The van der Waals surface area contributed by atoms with E-state index in [-0.39, 0.29) is 12.6 Å². The maximum atomic E-state index is 11.6. The number of carbonyl (C=O) groups is 1. The van der Waals surface area contributed by atoms with Crippen molar-refractivity contribution in [1.29, 1.82) is 0 Å². The van der Waals surface area contributed by atoms with E-state index in [1.165, 1.54) is 12.2 Å². The number of hydrogen-bond donors (Lipinski definition) is 3. The van der Waals surface area contributed by atoms with Crippen LogP contribution in [0.25, 0.3) is 0 Å². The molecule has 1 aliphatic heterocycles. The predicted octanol–water partition coefficient (Wildman–Crippen LogP) is 2.57. The molecule has 0 aromatic heterocycles. The molecule has 1 aromatic carbocycles. The van der Waals surface area contributed by atoms with E-state index < -0.39 is 6.10 Å². The first-order chi connectivity index (χ1) is 9.66. The van der Waals surface area contributed by atoms with E-state index in [4.69, 9.17) is 11.6 Å². The highest BCUT2D eigenvalue weighted by atomic mass is 35.5. The Bertz CT molecular complexity index is 453. The summed E-state index contributed by atoms with van der Waals surface area (Å²) in [5.74, 6) is 1.18. The Morgan fingerprint density at radius 1 is 1.45 bits per heavy atom. The topological polar surface area (TPSA) is 61.4 Å². The fraction of sp³-hybridized carbons (Fsp3) is 0.500. The summed E-state index contributed by atoms with van der Waals surface area (Å²) in [5.41, 5.74) is 0.626. The van der Waals surface area contributed by atoms with Crippen LogP contribution < -0.4 is 10.6 Å². The van der Waals surface area contributed by atoms with E-state index in [9.17, 15) is 9.90 Å². The second kappa shape index (κ2) is 7.76. The van der Waals surface area contributed by atoms with Crippen LogP contribution >= 0.6 is 23.4 Å². The van der Waals surface area contributed by atoms with Crippen molar-refractivity contribution in [3.05, 3.63) is 34.9 Å². The Morgan fingerprint density at radius 3 is 2.95 bits per heavy atom. The van der Waals surface area contributed by atoms with Gasteiger partial charge < -0.3 is 15.7 Å². The van der Waals surface area contributed by atoms with Gasteiger partial charge in [0.1, 0.15) is 0 Å². The maximum absolute atomic E-state index is 11.6. The second-order valence-electron chi connectivity index (χ2n) is 4.76. The Hall–Kier alpha value is -0.910. The minimum absolute atomic E-state index is 0.146. The molecule has 2 unspecified atom stereocenters. The van der Waals surface area contributed by atoms with Crippen LogP contribution in [0, 0.1) is 0 Å². The van der Waals surface area contributed by atoms with Crippen LogP contribution in [0.3, 0.4) is 0 Å². The molecule has 1 fully saturated rings. The van der Waals surface area contributed by atoms with Crippen LogP contribution in [-0.4, -0.2) is 35.2 Å². The molecule has 1 aliphatic rings. The molecule has 20 heavy (non-hydrogen) atoms. The standard InChI is InChI=1S/C14H19ClN2O2S/c15-12-6-2-1-5-11(12)13(18)9-17-14(19)16-8-10-4-3-7-20-10/h1-2,5-6,10,13,18H,3-4,7-9H2,(H2,16,17,19). The largest absolute Gasteiger partial charge is 0.387 e. The van der Waals surface area contributed by atoms with Crippen molar-refractivity contribution >= 4 is 29.4 Å². The minimum Gasteiger partial charge on any atom is -0.387 e. The number of thioether (sulfide) groups is 1. The molecule has 2 rings (SSSR count). The summed E-state index contributed by atoms with van der Waals surface area (Å²) in [7, 11) is 0. The summed E-state index contributed by atoms with van der Waals surface area (Å²) >= 11 is 7.89. The number of carbonyl (C=O) groups excluding carboxylic acids is 1. The summed E-state index contributed by atoms with van der Waals surface area (Å²) in [6.45, 7) is 0.825. The van der Waals surface area contributed by atoms with E-state index in [1.54, 1.807) is 18.2 Å². The molecule has 110 valence electrons. The molecular formula is C14H19ClN2O2S. The van der Waals surface area contributed by atoms with Gasteiger partial charge in [0.05, 0.1) is 6.10 Å². The summed E-state index contributed by atoms with van der Waals surface area (Å²) < 4.78 is 0. The van der Waals surface area contributed by atoms with Gasteiger partial charge in [-0.3, -0.25) is 0 Å². The van der Waals surface area contributed by atoms with Gasteiger partial charge in [-0.1, -0.05) is 29.8 Å². The van der Waals surface area contributed by atoms with Gasteiger partial charge in [-0.05, 0) is 24.7 Å². The lowest BCUT2D eigenvalue weighted by atomic mass is 10.1. The molecule has 0 aliphatic carbocycles. The number of aliphatic hydroxyl groups excluding tert-OH is 1. The zero-order valence-electron chi connectivity index (χ0n) is 11.1. The summed E-state index contributed by atoms with van der Waals surface area (Å²) in [4.78, 5) is 11.6. The van der Waals surface area contributed by atoms with Crippen LogP contribution in [0.4, 0.5) is 4.79 Å². The molecule has 4 nitrogen and oxygen atoms in total.